The second-order valence-electron chi connectivity index (χ2n) is 3.93. The quantitative estimate of drug-likeness (QED) is 0.726. The summed E-state index contributed by atoms with van der Waals surface area (Å²) in [7, 11) is 0. The van der Waals surface area contributed by atoms with Crippen LogP contribution in [0.25, 0.3) is 22.2 Å². The highest BCUT2D eigenvalue weighted by Gasteiger charge is 2.06. The first-order chi connectivity index (χ1) is 8.75. The number of H-pyrrole nitrogens is 1. The van der Waals surface area contributed by atoms with E-state index >= 15 is 0 Å². The topological polar surface area (TPSA) is 45.8 Å². The van der Waals surface area contributed by atoms with Crippen molar-refractivity contribution in [2.24, 2.45) is 0 Å². The maximum atomic E-state index is 11.9. The third-order valence-corrected chi connectivity index (χ3v) is 3.10. The highest BCUT2D eigenvalue weighted by molar-refractivity contribution is 6.33. The molecule has 0 bridgehead atoms. The first-order valence-electron chi connectivity index (χ1n) is 5.48. The van der Waals surface area contributed by atoms with Crippen molar-refractivity contribution in [2.75, 3.05) is 0 Å². The molecule has 0 amide bonds. The van der Waals surface area contributed by atoms with Gasteiger partial charge in [-0.1, -0.05) is 35.9 Å². The summed E-state index contributed by atoms with van der Waals surface area (Å²) in [6.07, 6.45) is 1.60. The Hall–Kier alpha value is -2.13. The Kier molecular flexibility index (Phi) is 2.61. The number of halogens is 1. The largest absolute Gasteiger partial charge is 0.320 e. The molecule has 3 nitrogen and oxygen atoms in total. The van der Waals surface area contributed by atoms with Crippen LogP contribution in [-0.2, 0) is 0 Å². The van der Waals surface area contributed by atoms with E-state index in [1.807, 2.05) is 30.3 Å². The molecule has 0 saturated heterocycles. The minimum absolute atomic E-state index is 0.206. The van der Waals surface area contributed by atoms with Crippen molar-refractivity contribution in [1.29, 1.82) is 0 Å². The van der Waals surface area contributed by atoms with Gasteiger partial charge in [-0.3, -0.25) is 9.78 Å². The van der Waals surface area contributed by atoms with Crippen LogP contribution in [0.1, 0.15) is 0 Å². The van der Waals surface area contributed by atoms with Gasteiger partial charge >= 0.3 is 0 Å². The van der Waals surface area contributed by atoms with Gasteiger partial charge < -0.3 is 4.98 Å². The van der Waals surface area contributed by atoms with E-state index in [1.54, 1.807) is 18.3 Å². The Balaban J connectivity index is 2.32. The highest BCUT2D eigenvalue weighted by Crippen LogP contribution is 2.26. The predicted octanol–water partition coefficient (Wildman–Crippen LogP) is 3.24. The van der Waals surface area contributed by atoms with Gasteiger partial charge in [0.25, 0.3) is 5.56 Å². The van der Waals surface area contributed by atoms with Gasteiger partial charge in [-0.2, -0.15) is 0 Å². The Morgan fingerprint density at radius 2 is 1.94 bits per heavy atom. The van der Waals surface area contributed by atoms with Crippen LogP contribution < -0.4 is 5.56 Å². The van der Waals surface area contributed by atoms with E-state index in [-0.39, 0.29) is 5.56 Å². The first kappa shape index (κ1) is 11.0. The van der Waals surface area contributed by atoms with Crippen LogP contribution in [0, 0.1) is 0 Å². The predicted molar refractivity (Wildman–Crippen MR) is 72.8 cm³/mol. The number of hydrogen-bond donors (Lipinski definition) is 1. The monoisotopic (exact) mass is 256 g/mol. The van der Waals surface area contributed by atoms with E-state index < -0.39 is 0 Å². The number of pyridine rings is 2. The molecule has 18 heavy (non-hydrogen) atoms. The zero-order valence-corrected chi connectivity index (χ0v) is 10.1. The molecule has 3 rings (SSSR count). The van der Waals surface area contributed by atoms with Gasteiger partial charge in [0.05, 0.1) is 5.69 Å². The fraction of sp³-hybridized carbons (Fsp3) is 0. The number of aromatic amines is 1. The molecule has 0 unspecified atom stereocenters. The van der Waals surface area contributed by atoms with E-state index in [0.29, 0.717) is 16.2 Å². The molecular weight excluding hydrogens is 248 g/mol. The third-order valence-electron chi connectivity index (χ3n) is 2.77. The van der Waals surface area contributed by atoms with Crippen LogP contribution in [0.5, 0.6) is 0 Å². The molecule has 0 aliphatic rings. The number of hydrogen-bond acceptors (Lipinski definition) is 2. The van der Waals surface area contributed by atoms with E-state index in [1.165, 1.54) is 0 Å². The zero-order valence-electron chi connectivity index (χ0n) is 9.35. The lowest BCUT2D eigenvalue weighted by atomic mass is 10.1. The van der Waals surface area contributed by atoms with E-state index in [0.717, 1.165) is 10.9 Å². The van der Waals surface area contributed by atoms with Gasteiger partial charge in [0.2, 0.25) is 0 Å². The second kappa shape index (κ2) is 4.27. The molecular formula is C14H9ClN2O. The van der Waals surface area contributed by atoms with Crippen molar-refractivity contribution in [3.63, 3.8) is 0 Å². The summed E-state index contributed by atoms with van der Waals surface area (Å²) >= 11 is 6.12. The maximum Gasteiger partial charge on any atom is 0.274 e. The van der Waals surface area contributed by atoms with Gasteiger partial charge in [-0.25, -0.2) is 0 Å². The van der Waals surface area contributed by atoms with Gasteiger partial charge in [0, 0.05) is 22.2 Å². The van der Waals surface area contributed by atoms with E-state index in [4.69, 9.17) is 11.6 Å². The summed E-state index contributed by atoms with van der Waals surface area (Å²) in [6.45, 7) is 0. The molecule has 0 saturated carbocycles. The highest BCUT2D eigenvalue weighted by atomic mass is 35.5. The zero-order chi connectivity index (χ0) is 12.5. The fourth-order valence-corrected chi connectivity index (χ4v) is 2.16. The number of aromatic nitrogens is 2. The number of nitrogens with zero attached hydrogens (tertiary/aromatic N) is 1. The molecule has 2 heterocycles. The summed E-state index contributed by atoms with van der Waals surface area (Å²) < 4.78 is 0. The molecule has 4 heteroatoms. The summed E-state index contributed by atoms with van der Waals surface area (Å²) in [5.74, 6) is 0. The van der Waals surface area contributed by atoms with Crippen LogP contribution >= 0.6 is 11.6 Å². The van der Waals surface area contributed by atoms with Crippen molar-refractivity contribution in [3.05, 3.63) is 64.0 Å². The van der Waals surface area contributed by atoms with Crippen LogP contribution in [0.4, 0.5) is 0 Å². The molecule has 1 N–H and O–H groups in total. The van der Waals surface area contributed by atoms with Crippen molar-refractivity contribution in [3.8, 4) is 11.3 Å². The lowest BCUT2D eigenvalue weighted by molar-refractivity contribution is 1.24. The van der Waals surface area contributed by atoms with Crippen molar-refractivity contribution in [1.82, 2.24) is 9.97 Å². The van der Waals surface area contributed by atoms with E-state index in [9.17, 15) is 4.79 Å². The van der Waals surface area contributed by atoms with Gasteiger partial charge in [0.15, 0.2) is 0 Å². The van der Waals surface area contributed by atoms with Crippen molar-refractivity contribution >= 4 is 22.5 Å². The van der Waals surface area contributed by atoms with Crippen LogP contribution in [0.15, 0.2) is 53.5 Å². The van der Waals surface area contributed by atoms with Crippen molar-refractivity contribution < 1.29 is 0 Å². The summed E-state index contributed by atoms with van der Waals surface area (Å²) in [5.41, 5.74) is 1.74. The van der Waals surface area contributed by atoms with Crippen LogP contribution in [0.3, 0.4) is 0 Å². The minimum atomic E-state index is -0.206. The smallest absolute Gasteiger partial charge is 0.274 e. The molecule has 3 aromatic rings. The van der Waals surface area contributed by atoms with Crippen molar-refractivity contribution in [2.45, 2.75) is 0 Å². The van der Waals surface area contributed by atoms with Crippen LogP contribution in [0.2, 0.25) is 5.02 Å². The molecule has 0 fully saturated rings. The summed E-state index contributed by atoms with van der Waals surface area (Å²) in [5, 5.41) is 1.41. The molecule has 88 valence electrons. The Labute approximate surface area is 108 Å². The fourth-order valence-electron chi connectivity index (χ4n) is 1.92. The summed E-state index contributed by atoms with van der Waals surface area (Å²) in [6, 6.07) is 12.9. The second-order valence-corrected chi connectivity index (χ2v) is 4.34. The molecule has 2 aromatic heterocycles. The SMILES string of the molecule is O=c1[nH]c(-c2ccccc2Cl)cc2cccnc12. The minimum Gasteiger partial charge on any atom is -0.320 e. The number of fused-ring (bicyclic) bond motifs is 1. The Bertz CT molecular complexity index is 780. The first-order valence-corrected chi connectivity index (χ1v) is 5.86. The average molecular weight is 257 g/mol. The molecule has 0 aliphatic heterocycles. The van der Waals surface area contributed by atoms with Gasteiger partial charge in [-0.05, 0) is 18.2 Å². The lowest BCUT2D eigenvalue weighted by Crippen LogP contribution is -2.08. The maximum absolute atomic E-state index is 11.9. The molecule has 1 aromatic carbocycles. The molecule has 0 atom stereocenters. The Morgan fingerprint density at radius 1 is 1.11 bits per heavy atom. The van der Waals surface area contributed by atoms with E-state index in [2.05, 4.69) is 9.97 Å². The average Bonchev–Trinajstić information content (AvgIpc) is 2.39. The van der Waals surface area contributed by atoms with Gasteiger partial charge in [-0.15, -0.1) is 0 Å². The molecule has 0 aliphatic carbocycles. The molecule has 0 spiro atoms. The number of benzene rings is 1. The third kappa shape index (κ3) is 1.79. The lowest BCUT2D eigenvalue weighted by Gasteiger charge is -2.05. The number of nitrogens with one attached hydrogen (secondary N) is 1. The summed E-state index contributed by atoms with van der Waals surface area (Å²) in [4.78, 5) is 18.8. The Morgan fingerprint density at radius 3 is 2.78 bits per heavy atom. The normalized spacial score (nSPS) is 10.7. The molecule has 0 radical (unpaired) electrons. The standard InChI is InChI=1S/C14H9ClN2O/c15-11-6-2-1-5-10(11)12-8-9-4-3-7-16-13(9)14(18)17-12/h1-8H,(H,17,18). The van der Waals surface area contributed by atoms with Crippen LogP contribution in [-0.4, -0.2) is 9.97 Å². The van der Waals surface area contributed by atoms with Gasteiger partial charge in [0.1, 0.15) is 5.52 Å². The number of rotatable bonds is 1.